The van der Waals surface area contributed by atoms with Crippen molar-refractivity contribution < 1.29 is 14.3 Å². The molecule has 1 saturated heterocycles. The summed E-state index contributed by atoms with van der Waals surface area (Å²) in [6, 6.07) is 6.57. The van der Waals surface area contributed by atoms with Crippen LogP contribution in [-0.4, -0.2) is 41.9 Å². The first kappa shape index (κ1) is 18.1. The summed E-state index contributed by atoms with van der Waals surface area (Å²) in [5, 5.41) is 14.8. The standard InChI is InChI=1S/C17H21N5O3S/c1-11-7-5-6-10-22(11)17-21-20-16(26-17)19-15(24)18-13-9-4-3-8-12(13)14(23)25-2/h3-4,8-9,11H,5-7,10H2,1-2H3,(H2,18,19,20,24)/t11-/m0/s1. The third kappa shape index (κ3) is 4.10. The van der Waals surface area contributed by atoms with Gasteiger partial charge in [0.25, 0.3) is 0 Å². The molecule has 1 aromatic heterocycles. The molecule has 0 saturated carbocycles. The van der Waals surface area contributed by atoms with Gasteiger partial charge in [0.2, 0.25) is 10.3 Å². The Bertz CT molecular complexity index is 794. The van der Waals surface area contributed by atoms with E-state index in [1.165, 1.54) is 24.9 Å². The molecule has 1 aromatic carbocycles. The fourth-order valence-electron chi connectivity index (χ4n) is 2.90. The fraction of sp³-hybridized carbons (Fsp3) is 0.412. The maximum absolute atomic E-state index is 12.2. The number of urea groups is 1. The molecular formula is C17H21N5O3S. The van der Waals surface area contributed by atoms with Crippen LogP contribution >= 0.6 is 11.3 Å². The zero-order valence-electron chi connectivity index (χ0n) is 14.7. The Hall–Kier alpha value is -2.68. The van der Waals surface area contributed by atoms with Gasteiger partial charge in [-0.1, -0.05) is 23.5 Å². The van der Waals surface area contributed by atoms with E-state index < -0.39 is 12.0 Å². The summed E-state index contributed by atoms with van der Waals surface area (Å²) < 4.78 is 4.72. The normalized spacial score (nSPS) is 16.8. The van der Waals surface area contributed by atoms with Gasteiger partial charge >= 0.3 is 12.0 Å². The molecule has 26 heavy (non-hydrogen) atoms. The number of aromatic nitrogens is 2. The van der Waals surface area contributed by atoms with Gasteiger partial charge in [0.15, 0.2) is 0 Å². The second-order valence-corrected chi connectivity index (χ2v) is 7.00. The lowest BCUT2D eigenvalue weighted by atomic mass is 10.1. The Kier molecular flexibility index (Phi) is 5.67. The van der Waals surface area contributed by atoms with Crippen LogP contribution in [0.4, 0.5) is 20.7 Å². The van der Waals surface area contributed by atoms with Gasteiger partial charge in [-0.05, 0) is 38.3 Å². The first-order valence-electron chi connectivity index (χ1n) is 8.44. The highest BCUT2D eigenvalue weighted by atomic mass is 32.1. The highest BCUT2D eigenvalue weighted by Gasteiger charge is 2.22. The van der Waals surface area contributed by atoms with Gasteiger partial charge in [-0.15, -0.1) is 10.2 Å². The maximum Gasteiger partial charge on any atom is 0.339 e. The number of rotatable bonds is 4. The van der Waals surface area contributed by atoms with E-state index in [1.807, 2.05) is 0 Å². The number of piperidine rings is 1. The summed E-state index contributed by atoms with van der Waals surface area (Å²) in [6.45, 7) is 3.12. The molecule has 1 atom stereocenters. The highest BCUT2D eigenvalue weighted by Crippen LogP contribution is 2.29. The quantitative estimate of drug-likeness (QED) is 0.796. The molecule has 0 spiro atoms. The number of methoxy groups -OCH3 is 1. The SMILES string of the molecule is COC(=O)c1ccccc1NC(=O)Nc1nnc(N2CCCC[C@@H]2C)s1. The number of ether oxygens (including phenoxy) is 1. The number of nitrogens with one attached hydrogen (secondary N) is 2. The third-order valence-electron chi connectivity index (χ3n) is 4.26. The molecule has 2 amide bonds. The zero-order valence-corrected chi connectivity index (χ0v) is 15.5. The lowest BCUT2D eigenvalue weighted by Crippen LogP contribution is -2.37. The molecule has 138 valence electrons. The van der Waals surface area contributed by atoms with Gasteiger partial charge in [-0.2, -0.15) is 0 Å². The number of hydrogen-bond donors (Lipinski definition) is 2. The van der Waals surface area contributed by atoms with Crippen LogP contribution in [-0.2, 0) is 4.74 Å². The molecule has 2 aromatic rings. The Balaban J connectivity index is 1.65. The van der Waals surface area contributed by atoms with Gasteiger partial charge in [-0.25, -0.2) is 9.59 Å². The molecule has 2 N–H and O–H groups in total. The van der Waals surface area contributed by atoms with E-state index in [0.717, 1.165) is 24.5 Å². The van der Waals surface area contributed by atoms with Gasteiger partial charge in [0.05, 0.1) is 18.4 Å². The number of carbonyl (C=O) groups excluding carboxylic acids is 2. The van der Waals surface area contributed by atoms with Crippen molar-refractivity contribution >= 4 is 39.3 Å². The second kappa shape index (κ2) is 8.13. The van der Waals surface area contributed by atoms with Crippen LogP contribution < -0.4 is 15.5 Å². The molecule has 2 heterocycles. The molecule has 9 heteroatoms. The van der Waals surface area contributed by atoms with Crippen molar-refractivity contribution in [1.82, 2.24) is 10.2 Å². The Morgan fingerprint density at radius 2 is 2.04 bits per heavy atom. The van der Waals surface area contributed by atoms with Gasteiger partial charge in [-0.3, -0.25) is 5.32 Å². The summed E-state index contributed by atoms with van der Waals surface area (Å²) in [5.41, 5.74) is 0.650. The average molecular weight is 375 g/mol. The van der Waals surface area contributed by atoms with Crippen molar-refractivity contribution in [3.63, 3.8) is 0 Å². The van der Waals surface area contributed by atoms with Gasteiger partial charge in [0, 0.05) is 12.6 Å². The van der Waals surface area contributed by atoms with E-state index in [-0.39, 0.29) is 5.56 Å². The second-order valence-electron chi connectivity index (χ2n) is 6.04. The van der Waals surface area contributed by atoms with Crippen molar-refractivity contribution in [3.05, 3.63) is 29.8 Å². The number of carbonyl (C=O) groups is 2. The predicted octanol–water partition coefficient (Wildman–Crippen LogP) is 3.35. The first-order valence-corrected chi connectivity index (χ1v) is 9.25. The third-order valence-corrected chi connectivity index (χ3v) is 5.14. The molecule has 3 rings (SSSR count). The molecule has 1 aliphatic heterocycles. The van der Waals surface area contributed by atoms with Crippen molar-refractivity contribution in [2.24, 2.45) is 0 Å². The van der Waals surface area contributed by atoms with Crippen molar-refractivity contribution in [2.75, 3.05) is 29.2 Å². The summed E-state index contributed by atoms with van der Waals surface area (Å²) >= 11 is 1.34. The van der Waals surface area contributed by atoms with Crippen LogP contribution in [0.3, 0.4) is 0 Å². The fourth-order valence-corrected chi connectivity index (χ4v) is 3.76. The molecule has 1 fully saturated rings. The van der Waals surface area contributed by atoms with Crippen LogP contribution in [0.2, 0.25) is 0 Å². The van der Waals surface area contributed by atoms with Crippen molar-refractivity contribution in [1.29, 1.82) is 0 Å². The lowest BCUT2D eigenvalue weighted by Gasteiger charge is -2.32. The molecule has 0 radical (unpaired) electrons. The van der Waals surface area contributed by atoms with Crippen LogP contribution in [0.5, 0.6) is 0 Å². The van der Waals surface area contributed by atoms with Crippen molar-refractivity contribution in [2.45, 2.75) is 32.2 Å². The molecule has 0 aliphatic carbocycles. The topological polar surface area (TPSA) is 96.4 Å². The molecular weight excluding hydrogens is 354 g/mol. The number of esters is 1. The smallest absolute Gasteiger partial charge is 0.339 e. The monoisotopic (exact) mass is 375 g/mol. The average Bonchev–Trinajstić information content (AvgIpc) is 3.10. The van der Waals surface area contributed by atoms with E-state index in [9.17, 15) is 9.59 Å². The Labute approximate surface area is 155 Å². The zero-order chi connectivity index (χ0) is 18.5. The van der Waals surface area contributed by atoms with E-state index >= 15 is 0 Å². The maximum atomic E-state index is 12.2. The Morgan fingerprint density at radius 1 is 1.23 bits per heavy atom. The van der Waals surface area contributed by atoms with Gasteiger partial charge in [0.1, 0.15) is 0 Å². The van der Waals surface area contributed by atoms with E-state index in [2.05, 4.69) is 32.7 Å². The minimum atomic E-state index is -0.516. The number of benzene rings is 1. The summed E-state index contributed by atoms with van der Waals surface area (Å²) in [5.74, 6) is -0.516. The number of hydrogen-bond acceptors (Lipinski definition) is 7. The molecule has 1 aliphatic rings. The van der Waals surface area contributed by atoms with E-state index in [1.54, 1.807) is 24.3 Å². The number of anilines is 3. The molecule has 0 unspecified atom stereocenters. The summed E-state index contributed by atoms with van der Waals surface area (Å²) in [4.78, 5) is 26.2. The number of nitrogens with zero attached hydrogens (tertiary/aromatic N) is 3. The Morgan fingerprint density at radius 3 is 2.81 bits per heavy atom. The lowest BCUT2D eigenvalue weighted by molar-refractivity contribution is 0.0602. The van der Waals surface area contributed by atoms with Crippen LogP contribution in [0.25, 0.3) is 0 Å². The van der Waals surface area contributed by atoms with E-state index in [4.69, 9.17) is 4.74 Å². The largest absolute Gasteiger partial charge is 0.465 e. The highest BCUT2D eigenvalue weighted by molar-refractivity contribution is 7.19. The van der Waals surface area contributed by atoms with Crippen molar-refractivity contribution in [3.8, 4) is 0 Å². The van der Waals surface area contributed by atoms with Gasteiger partial charge < -0.3 is 15.0 Å². The molecule has 0 bridgehead atoms. The summed E-state index contributed by atoms with van der Waals surface area (Å²) in [7, 11) is 1.30. The van der Waals surface area contributed by atoms with Crippen LogP contribution in [0.1, 0.15) is 36.5 Å². The minimum Gasteiger partial charge on any atom is -0.465 e. The van der Waals surface area contributed by atoms with Crippen LogP contribution in [0.15, 0.2) is 24.3 Å². The summed E-state index contributed by atoms with van der Waals surface area (Å²) in [6.07, 6.45) is 3.49. The minimum absolute atomic E-state index is 0.283. The predicted molar refractivity (Wildman–Crippen MR) is 101 cm³/mol. The molecule has 8 nitrogen and oxygen atoms in total. The van der Waals surface area contributed by atoms with E-state index in [0.29, 0.717) is 16.9 Å². The number of para-hydroxylation sites is 1. The first-order chi connectivity index (χ1) is 12.6. The van der Waals surface area contributed by atoms with Crippen LogP contribution in [0, 0.1) is 0 Å². The number of amides is 2.